The molecule has 0 aromatic heterocycles. The normalized spacial score (nSPS) is 9.92. The van der Waals surface area contributed by atoms with Gasteiger partial charge in [-0.25, -0.2) is 0 Å². The molecule has 0 heterocycles. The fourth-order valence-corrected chi connectivity index (χ4v) is 1.08. The number of aryl methyl sites for hydroxylation is 1. The SMILES string of the molecule is Cc1cccc(OCCN)c1Cl. The monoisotopic (exact) mass is 185 g/mol. The van der Waals surface area contributed by atoms with Crippen molar-refractivity contribution in [2.45, 2.75) is 6.92 Å². The van der Waals surface area contributed by atoms with Crippen molar-refractivity contribution in [3.05, 3.63) is 28.8 Å². The first-order valence-corrected chi connectivity index (χ1v) is 4.21. The van der Waals surface area contributed by atoms with Crippen LogP contribution in [0.4, 0.5) is 0 Å². The smallest absolute Gasteiger partial charge is 0.138 e. The zero-order valence-corrected chi connectivity index (χ0v) is 7.77. The van der Waals surface area contributed by atoms with E-state index in [0.29, 0.717) is 23.9 Å². The Hall–Kier alpha value is -0.730. The molecular formula is C9H12ClNO. The summed E-state index contributed by atoms with van der Waals surface area (Å²) in [6.07, 6.45) is 0. The van der Waals surface area contributed by atoms with Gasteiger partial charge in [0.15, 0.2) is 0 Å². The lowest BCUT2D eigenvalue weighted by atomic mass is 10.2. The Morgan fingerprint density at radius 1 is 1.50 bits per heavy atom. The highest BCUT2D eigenvalue weighted by atomic mass is 35.5. The van der Waals surface area contributed by atoms with Crippen molar-refractivity contribution >= 4 is 11.6 Å². The van der Waals surface area contributed by atoms with Crippen LogP contribution < -0.4 is 10.5 Å². The van der Waals surface area contributed by atoms with Gasteiger partial charge in [-0.2, -0.15) is 0 Å². The fourth-order valence-electron chi connectivity index (χ4n) is 0.901. The summed E-state index contributed by atoms with van der Waals surface area (Å²) < 4.78 is 5.31. The molecule has 0 atom stereocenters. The topological polar surface area (TPSA) is 35.2 Å². The number of benzene rings is 1. The summed E-state index contributed by atoms with van der Waals surface area (Å²) >= 11 is 5.96. The Bertz CT molecular complexity index is 263. The maximum atomic E-state index is 5.96. The van der Waals surface area contributed by atoms with E-state index in [9.17, 15) is 0 Å². The van der Waals surface area contributed by atoms with Crippen LogP contribution in [0.15, 0.2) is 18.2 Å². The number of rotatable bonds is 3. The van der Waals surface area contributed by atoms with Crippen LogP contribution in [-0.2, 0) is 0 Å². The zero-order valence-electron chi connectivity index (χ0n) is 7.01. The molecule has 2 N–H and O–H groups in total. The zero-order chi connectivity index (χ0) is 8.97. The van der Waals surface area contributed by atoms with Crippen molar-refractivity contribution in [2.24, 2.45) is 5.73 Å². The Balaban J connectivity index is 2.78. The predicted octanol–water partition coefficient (Wildman–Crippen LogP) is 1.99. The molecule has 1 aromatic carbocycles. The van der Waals surface area contributed by atoms with Crippen molar-refractivity contribution in [1.82, 2.24) is 0 Å². The molecule has 0 unspecified atom stereocenters. The highest BCUT2D eigenvalue weighted by Gasteiger charge is 2.01. The van der Waals surface area contributed by atoms with Crippen molar-refractivity contribution in [2.75, 3.05) is 13.2 Å². The Morgan fingerprint density at radius 2 is 2.25 bits per heavy atom. The molecule has 0 aliphatic rings. The lowest BCUT2D eigenvalue weighted by Crippen LogP contribution is -2.10. The van der Waals surface area contributed by atoms with E-state index >= 15 is 0 Å². The maximum Gasteiger partial charge on any atom is 0.138 e. The number of nitrogens with two attached hydrogens (primary N) is 1. The van der Waals surface area contributed by atoms with Gasteiger partial charge in [0, 0.05) is 6.54 Å². The van der Waals surface area contributed by atoms with Gasteiger partial charge in [-0.05, 0) is 18.6 Å². The summed E-state index contributed by atoms with van der Waals surface area (Å²) in [5.41, 5.74) is 6.32. The van der Waals surface area contributed by atoms with E-state index in [1.165, 1.54) is 0 Å². The van der Waals surface area contributed by atoms with E-state index in [2.05, 4.69) is 0 Å². The van der Waals surface area contributed by atoms with Gasteiger partial charge in [0.2, 0.25) is 0 Å². The van der Waals surface area contributed by atoms with Gasteiger partial charge in [0.1, 0.15) is 12.4 Å². The molecule has 3 heteroatoms. The molecule has 66 valence electrons. The quantitative estimate of drug-likeness (QED) is 0.782. The van der Waals surface area contributed by atoms with Crippen molar-refractivity contribution in [3.63, 3.8) is 0 Å². The molecule has 0 bridgehead atoms. The summed E-state index contributed by atoms with van der Waals surface area (Å²) in [5, 5.41) is 0.672. The molecule has 2 nitrogen and oxygen atoms in total. The van der Waals surface area contributed by atoms with Crippen LogP contribution in [-0.4, -0.2) is 13.2 Å². The molecule has 1 aromatic rings. The van der Waals surface area contributed by atoms with Gasteiger partial charge in [-0.1, -0.05) is 23.7 Å². The van der Waals surface area contributed by atoms with Crippen LogP contribution in [0.25, 0.3) is 0 Å². The first-order chi connectivity index (χ1) is 5.75. The van der Waals surface area contributed by atoms with Crippen LogP contribution >= 0.6 is 11.6 Å². The first kappa shape index (κ1) is 9.36. The van der Waals surface area contributed by atoms with E-state index < -0.39 is 0 Å². The molecule has 0 saturated heterocycles. The molecule has 0 fully saturated rings. The minimum Gasteiger partial charge on any atom is -0.491 e. The summed E-state index contributed by atoms with van der Waals surface area (Å²) in [4.78, 5) is 0. The maximum absolute atomic E-state index is 5.96. The molecule has 0 spiro atoms. The molecule has 0 aliphatic carbocycles. The Kier molecular flexibility index (Phi) is 3.38. The van der Waals surface area contributed by atoms with Crippen LogP contribution in [0.3, 0.4) is 0 Å². The Labute approximate surface area is 77.3 Å². The lowest BCUT2D eigenvalue weighted by molar-refractivity contribution is 0.328. The second-order valence-electron chi connectivity index (χ2n) is 2.52. The van der Waals surface area contributed by atoms with E-state index in [-0.39, 0.29) is 0 Å². The van der Waals surface area contributed by atoms with Crippen LogP contribution in [0.2, 0.25) is 5.02 Å². The standard InChI is InChI=1S/C9H12ClNO/c1-7-3-2-4-8(9(7)10)12-6-5-11/h2-4H,5-6,11H2,1H3. The van der Waals surface area contributed by atoms with Crippen LogP contribution in [0.1, 0.15) is 5.56 Å². The summed E-state index contributed by atoms with van der Waals surface area (Å²) in [6, 6.07) is 5.69. The number of halogens is 1. The summed E-state index contributed by atoms with van der Waals surface area (Å²) in [5.74, 6) is 0.710. The second kappa shape index (κ2) is 4.33. The van der Waals surface area contributed by atoms with E-state index in [1.54, 1.807) is 0 Å². The fraction of sp³-hybridized carbons (Fsp3) is 0.333. The summed E-state index contributed by atoms with van der Waals surface area (Å²) in [7, 11) is 0. The van der Waals surface area contributed by atoms with E-state index in [0.717, 1.165) is 5.56 Å². The Morgan fingerprint density at radius 3 is 2.92 bits per heavy atom. The van der Waals surface area contributed by atoms with Gasteiger partial charge in [-0.15, -0.1) is 0 Å². The number of ether oxygens (including phenoxy) is 1. The van der Waals surface area contributed by atoms with Crippen molar-refractivity contribution in [1.29, 1.82) is 0 Å². The van der Waals surface area contributed by atoms with Gasteiger partial charge in [0.25, 0.3) is 0 Å². The van der Waals surface area contributed by atoms with Gasteiger partial charge < -0.3 is 10.5 Å². The minimum absolute atomic E-state index is 0.503. The average Bonchev–Trinajstić information content (AvgIpc) is 2.08. The highest BCUT2D eigenvalue weighted by molar-refractivity contribution is 6.32. The predicted molar refractivity (Wildman–Crippen MR) is 50.7 cm³/mol. The van der Waals surface area contributed by atoms with Crippen LogP contribution in [0.5, 0.6) is 5.75 Å². The molecule has 0 aliphatic heterocycles. The lowest BCUT2D eigenvalue weighted by Gasteiger charge is -2.07. The molecule has 0 saturated carbocycles. The van der Waals surface area contributed by atoms with E-state index in [4.69, 9.17) is 22.1 Å². The summed E-state index contributed by atoms with van der Waals surface area (Å²) in [6.45, 7) is 2.95. The molecule has 0 amide bonds. The first-order valence-electron chi connectivity index (χ1n) is 3.83. The average molecular weight is 186 g/mol. The largest absolute Gasteiger partial charge is 0.491 e. The van der Waals surface area contributed by atoms with Gasteiger partial charge in [-0.3, -0.25) is 0 Å². The van der Waals surface area contributed by atoms with Crippen molar-refractivity contribution in [3.8, 4) is 5.75 Å². The minimum atomic E-state index is 0.503. The third-order valence-electron chi connectivity index (χ3n) is 1.53. The van der Waals surface area contributed by atoms with Gasteiger partial charge >= 0.3 is 0 Å². The van der Waals surface area contributed by atoms with Gasteiger partial charge in [0.05, 0.1) is 5.02 Å². The molecule has 1 rings (SSSR count). The highest BCUT2D eigenvalue weighted by Crippen LogP contribution is 2.26. The third-order valence-corrected chi connectivity index (χ3v) is 2.02. The number of hydrogen-bond donors (Lipinski definition) is 1. The number of hydrogen-bond acceptors (Lipinski definition) is 2. The third kappa shape index (κ3) is 2.13. The molecule has 12 heavy (non-hydrogen) atoms. The molecule has 0 radical (unpaired) electrons. The van der Waals surface area contributed by atoms with E-state index in [1.807, 2.05) is 25.1 Å². The van der Waals surface area contributed by atoms with Crippen LogP contribution in [0, 0.1) is 6.92 Å². The van der Waals surface area contributed by atoms with Crippen molar-refractivity contribution < 1.29 is 4.74 Å². The second-order valence-corrected chi connectivity index (χ2v) is 2.90. The molecular weight excluding hydrogens is 174 g/mol.